The van der Waals surface area contributed by atoms with E-state index < -0.39 is 0 Å². The van der Waals surface area contributed by atoms with Crippen LogP contribution in [0.1, 0.15) is 57.4 Å². The SMILES string of the molecule is C/C=C\c1nc2c([nH+]c1/C=C\C)C=CC(C)(C(C)C)C=C2. The van der Waals surface area contributed by atoms with Crippen molar-refractivity contribution in [2.24, 2.45) is 11.3 Å². The van der Waals surface area contributed by atoms with E-state index in [2.05, 4.69) is 56.1 Å². The number of allylic oxidation sites excluding steroid dienone is 4. The van der Waals surface area contributed by atoms with Crippen molar-refractivity contribution in [2.75, 3.05) is 0 Å². The molecule has 1 aromatic heterocycles. The van der Waals surface area contributed by atoms with Gasteiger partial charge in [0.05, 0.1) is 0 Å². The Morgan fingerprint density at radius 1 is 1.10 bits per heavy atom. The van der Waals surface area contributed by atoms with Crippen LogP contribution in [0.2, 0.25) is 0 Å². The number of fused-ring (bicyclic) bond motifs is 1. The molecule has 0 aromatic carbocycles. The number of aromatic amines is 1. The van der Waals surface area contributed by atoms with Gasteiger partial charge in [-0.05, 0) is 31.9 Å². The molecule has 0 saturated heterocycles. The molecule has 110 valence electrons. The van der Waals surface area contributed by atoms with E-state index in [1.165, 1.54) is 0 Å². The van der Waals surface area contributed by atoms with Gasteiger partial charge in [0.2, 0.25) is 11.4 Å². The first-order valence-corrected chi connectivity index (χ1v) is 7.61. The molecule has 0 amide bonds. The predicted molar refractivity (Wildman–Crippen MR) is 91.2 cm³/mol. The number of hydrogen-bond acceptors (Lipinski definition) is 1. The quantitative estimate of drug-likeness (QED) is 0.791. The summed E-state index contributed by atoms with van der Waals surface area (Å²) in [6.07, 6.45) is 17.0. The zero-order valence-corrected chi connectivity index (χ0v) is 13.6. The lowest BCUT2D eigenvalue weighted by Crippen LogP contribution is -2.18. The molecule has 1 N–H and O–H groups in total. The molecule has 1 aromatic rings. The molecule has 0 bridgehead atoms. The van der Waals surface area contributed by atoms with E-state index in [1.807, 2.05) is 32.1 Å². The maximum Gasteiger partial charge on any atom is 0.229 e. The molecule has 1 atom stereocenters. The van der Waals surface area contributed by atoms with Crippen LogP contribution in [-0.4, -0.2) is 4.98 Å². The highest BCUT2D eigenvalue weighted by molar-refractivity contribution is 5.65. The van der Waals surface area contributed by atoms with Gasteiger partial charge in [-0.2, -0.15) is 0 Å². The molecular formula is C19H25N2+. The fourth-order valence-electron chi connectivity index (χ4n) is 2.32. The lowest BCUT2D eigenvalue weighted by molar-refractivity contribution is -0.385. The first-order chi connectivity index (χ1) is 10.00. The normalized spacial score (nSPS) is 21.4. The summed E-state index contributed by atoms with van der Waals surface area (Å²) in [5, 5.41) is 0. The summed E-state index contributed by atoms with van der Waals surface area (Å²) in [5.41, 5.74) is 4.14. The molecule has 1 unspecified atom stereocenters. The van der Waals surface area contributed by atoms with Crippen molar-refractivity contribution in [3.8, 4) is 0 Å². The van der Waals surface area contributed by atoms with Crippen molar-refractivity contribution < 1.29 is 4.98 Å². The third kappa shape index (κ3) is 3.21. The fraction of sp³-hybridized carbons (Fsp3) is 0.368. The van der Waals surface area contributed by atoms with Crippen LogP contribution in [0.5, 0.6) is 0 Å². The van der Waals surface area contributed by atoms with Crippen molar-refractivity contribution >= 4 is 24.3 Å². The van der Waals surface area contributed by atoms with Crippen molar-refractivity contribution in [3.63, 3.8) is 0 Å². The number of aromatic nitrogens is 2. The number of rotatable bonds is 3. The first-order valence-electron chi connectivity index (χ1n) is 7.61. The molecule has 1 heterocycles. The molecule has 0 fully saturated rings. The second-order valence-electron chi connectivity index (χ2n) is 6.02. The molecule has 2 heteroatoms. The Labute approximate surface area is 128 Å². The third-order valence-corrected chi connectivity index (χ3v) is 4.17. The van der Waals surface area contributed by atoms with Crippen molar-refractivity contribution in [1.29, 1.82) is 0 Å². The van der Waals surface area contributed by atoms with E-state index in [4.69, 9.17) is 4.98 Å². The van der Waals surface area contributed by atoms with Gasteiger partial charge in [-0.1, -0.05) is 45.1 Å². The maximum absolute atomic E-state index is 4.80. The Bertz CT molecular complexity index is 582. The summed E-state index contributed by atoms with van der Waals surface area (Å²) in [6, 6.07) is 0. The molecule has 0 aliphatic heterocycles. The van der Waals surface area contributed by atoms with Crippen LogP contribution in [0.4, 0.5) is 0 Å². The molecule has 0 radical (unpaired) electrons. The topological polar surface area (TPSA) is 27.0 Å². The zero-order chi connectivity index (χ0) is 15.5. The van der Waals surface area contributed by atoms with Crippen LogP contribution in [0.15, 0.2) is 24.3 Å². The van der Waals surface area contributed by atoms with Gasteiger partial charge in [0.25, 0.3) is 0 Å². The Balaban J connectivity index is 2.57. The average molecular weight is 281 g/mol. The van der Waals surface area contributed by atoms with E-state index in [9.17, 15) is 0 Å². The summed E-state index contributed by atoms with van der Waals surface area (Å²) >= 11 is 0. The van der Waals surface area contributed by atoms with E-state index in [0.717, 1.165) is 22.8 Å². The highest BCUT2D eigenvalue weighted by Crippen LogP contribution is 2.34. The van der Waals surface area contributed by atoms with E-state index in [1.54, 1.807) is 0 Å². The van der Waals surface area contributed by atoms with Gasteiger partial charge in [-0.15, -0.1) is 0 Å². The molecule has 2 rings (SSSR count). The second kappa shape index (κ2) is 6.21. The average Bonchev–Trinajstić information content (AvgIpc) is 2.61. The van der Waals surface area contributed by atoms with Crippen molar-refractivity contribution in [2.45, 2.75) is 34.6 Å². The maximum atomic E-state index is 4.80. The molecule has 2 nitrogen and oxygen atoms in total. The van der Waals surface area contributed by atoms with Crippen LogP contribution in [-0.2, 0) is 0 Å². The van der Waals surface area contributed by atoms with Gasteiger partial charge in [-0.3, -0.25) is 0 Å². The lowest BCUT2D eigenvalue weighted by atomic mass is 9.79. The third-order valence-electron chi connectivity index (χ3n) is 4.17. The number of nitrogens with zero attached hydrogens (tertiary/aromatic N) is 1. The van der Waals surface area contributed by atoms with Gasteiger partial charge >= 0.3 is 0 Å². The summed E-state index contributed by atoms with van der Waals surface area (Å²) in [6.45, 7) is 10.8. The summed E-state index contributed by atoms with van der Waals surface area (Å²) in [7, 11) is 0. The summed E-state index contributed by atoms with van der Waals surface area (Å²) in [5.74, 6) is 0.546. The Morgan fingerprint density at radius 2 is 1.76 bits per heavy atom. The largest absolute Gasteiger partial charge is 0.235 e. The molecule has 1 aliphatic carbocycles. The van der Waals surface area contributed by atoms with Gasteiger partial charge < -0.3 is 0 Å². The minimum Gasteiger partial charge on any atom is -0.235 e. The predicted octanol–water partition coefficient (Wildman–Crippen LogP) is 4.66. The highest BCUT2D eigenvalue weighted by Gasteiger charge is 2.25. The van der Waals surface area contributed by atoms with Crippen LogP contribution < -0.4 is 4.98 Å². The monoisotopic (exact) mass is 281 g/mol. The van der Waals surface area contributed by atoms with Crippen LogP contribution >= 0.6 is 0 Å². The Kier molecular flexibility index (Phi) is 4.56. The first kappa shape index (κ1) is 15.4. The smallest absolute Gasteiger partial charge is 0.229 e. The number of H-pyrrole nitrogens is 1. The second-order valence-corrected chi connectivity index (χ2v) is 6.02. The van der Waals surface area contributed by atoms with Gasteiger partial charge in [0.1, 0.15) is 11.4 Å². The van der Waals surface area contributed by atoms with E-state index in [-0.39, 0.29) is 5.41 Å². The number of hydrogen-bond donors (Lipinski definition) is 0. The van der Waals surface area contributed by atoms with Crippen LogP contribution in [0.3, 0.4) is 0 Å². The minimum atomic E-state index is 0.0655. The number of nitrogens with one attached hydrogen (secondary N) is 1. The fourth-order valence-corrected chi connectivity index (χ4v) is 2.32. The Morgan fingerprint density at radius 3 is 2.38 bits per heavy atom. The molecular weight excluding hydrogens is 256 g/mol. The van der Waals surface area contributed by atoms with Gasteiger partial charge in [-0.25, -0.2) is 9.97 Å². The molecule has 0 spiro atoms. The zero-order valence-electron chi connectivity index (χ0n) is 13.6. The molecule has 21 heavy (non-hydrogen) atoms. The highest BCUT2D eigenvalue weighted by atomic mass is 14.8. The van der Waals surface area contributed by atoms with Crippen molar-refractivity contribution in [1.82, 2.24) is 4.98 Å². The van der Waals surface area contributed by atoms with Crippen LogP contribution in [0, 0.1) is 11.3 Å². The lowest BCUT2D eigenvalue weighted by Gasteiger charge is -2.25. The summed E-state index contributed by atoms with van der Waals surface area (Å²) in [4.78, 5) is 8.30. The van der Waals surface area contributed by atoms with E-state index in [0.29, 0.717) is 5.92 Å². The van der Waals surface area contributed by atoms with Crippen molar-refractivity contribution in [3.05, 3.63) is 47.1 Å². The van der Waals surface area contributed by atoms with Gasteiger partial charge in [0, 0.05) is 17.6 Å². The minimum absolute atomic E-state index is 0.0655. The molecule has 1 aliphatic rings. The Hall–Kier alpha value is -1.96. The summed E-state index contributed by atoms with van der Waals surface area (Å²) < 4.78 is 0. The van der Waals surface area contributed by atoms with Gasteiger partial charge in [0.15, 0.2) is 0 Å². The van der Waals surface area contributed by atoms with Crippen LogP contribution in [0.25, 0.3) is 24.3 Å². The standard InChI is InChI=1S/C19H24N2/c1-6-8-15-16(9-7-2)21-18-11-13-19(5,14(3)4)12-10-17(18)20-15/h6-14H,1-5H3/p+1/b8-6-,9-7-. The van der Waals surface area contributed by atoms with E-state index >= 15 is 0 Å². The molecule has 0 saturated carbocycles.